The molecule has 2 aromatic heterocycles. The summed E-state index contributed by atoms with van der Waals surface area (Å²) in [5.74, 6) is 0.343. The highest BCUT2D eigenvalue weighted by Crippen LogP contribution is 2.18. The molecule has 1 atom stereocenters. The minimum Gasteiger partial charge on any atom is -0.344 e. The number of carbonyl (C=O) groups is 1. The molecule has 0 radical (unpaired) electrons. The molecule has 2 heterocycles. The van der Waals surface area contributed by atoms with Gasteiger partial charge in [-0.3, -0.25) is 4.79 Å². The van der Waals surface area contributed by atoms with Crippen molar-refractivity contribution in [2.24, 2.45) is 0 Å². The molecule has 0 spiro atoms. The van der Waals surface area contributed by atoms with E-state index in [2.05, 4.69) is 15.6 Å². The summed E-state index contributed by atoms with van der Waals surface area (Å²) in [4.78, 5) is 13.0. The third-order valence-electron chi connectivity index (χ3n) is 4.67. The number of benzene rings is 2. The first-order chi connectivity index (χ1) is 14.1. The van der Waals surface area contributed by atoms with Gasteiger partial charge in [0.25, 0.3) is 5.91 Å². The second kappa shape index (κ2) is 8.32. The van der Waals surface area contributed by atoms with E-state index in [-0.39, 0.29) is 17.6 Å². The highest BCUT2D eigenvalue weighted by molar-refractivity contribution is 6.30. The van der Waals surface area contributed by atoms with Gasteiger partial charge in [-0.2, -0.15) is 0 Å². The van der Waals surface area contributed by atoms with Crippen molar-refractivity contribution in [1.29, 1.82) is 0 Å². The molecular formula is C22H20ClN5O. The van der Waals surface area contributed by atoms with Gasteiger partial charge in [0.1, 0.15) is 0 Å². The van der Waals surface area contributed by atoms with Crippen LogP contribution >= 0.6 is 11.6 Å². The lowest BCUT2D eigenvalue weighted by molar-refractivity contribution is 0.0934. The first-order valence-corrected chi connectivity index (χ1v) is 9.66. The fourth-order valence-electron chi connectivity index (χ4n) is 3.15. The molecule has 0 aliphatic rings. The number of hydrogen-bond acceptors (Lipinski definition) is 3. The van der Waals surface area contributed by atoms with Crippen LogP contribution in [-0.4, -0.2) is 25.5 Å². The largest absolute Gasteiger partial charge is 0.344 e. The van der Waals surface area contributed by atoms with Crippen LogP contribution in [0.1, 0.15) is 34.6 Å². The standard InChI is InChI=1S/C22H20ClN5O/c1-16(18-7-3-2-4-8-18)24-21(29)20-22(27-13-5-6-14-27)28(26-25-20)15-17-9-11-19(23)12-10-17/h2-14,16H,15H2,1H3,(H,24,29)/t16-/m1/s1. The molecule has 2 aromatic carbocycles. The van der Waals surface area contributed by atoms with Crippen molar-refractivity contribution in [3.8, 4) is 5.82 Å². The van der Waals surface area contributed by atoms with Gasteiger partial charge in [0.05, 0.1) is 12.6 Å². The summed E-state index contributed by atoms with van der Waals surface area (Å²) in [5.41, 5.74) is 2.31. The van der Waals surface area contributed by atoms with Crippen molar-refractivity contribution >= 4 is 17.5 Å². The van der Waals surface area contributed by atoms with Crippen molar-refractivity contribution in [2.45, 2.75) is 19.5 Å². The second-order valence-corrected chi connectivity index (χ2v) is 7.18. The predicted molar refractivity (Wildman–Crippen MR) is 112 cm³/mol. The fourth-order valence-corrected chi connectivity index (χ4v) is 3.27. The zero-order valence-corrected chi connectivity index (χ0v) is 16.6. The van der Waals surface area contributed by atoms with E-state index < -0.39 is 0 Å². The van der Waals surface area contributed by atoms with E-state index in [9.17, 15) is 4.79 Å². The summed E-state index contributed by atoms with van der Waals surface area (Å²) in [6, 6.07) is 21.0. The summed E-state index contributed by atoms with van der Waals surface area (Å²) < 4.78 is 3.56. The van der Waals surface area contributed by atoms with Gasteiger partial charge < -0.3 is 9.88 Å². The molecule has 0 unspecified atom stereocenters. The Morgan fingerprint density at radius 1 is 1.03 bits per heavy atom. The summed E-state index contributed by atoms with van der Waals surface area (Å²) >= 11 is 5.98. The van der Waals surface area contributed by atoms with Crippen LogP contribution in [0.25, 0.3) is 5.82 Å². The number of amides is 1. The first-order valence-electron chi connectivity index (χ1n) is 9.29. The Hall–Kier alpha value is -3.38. The third kappa shape index (κ3) is 4.22. The van der Waals surface area contributed by atoms with Crippen LogP contribution in [0.2, 0.25) is 5.02 Å². The Kier molecular flexibility index (Phi) is 5.44. The van der Waals surface area contributed by atoms with Crippen molar-refractivity contribution < 1.29 is 4.79 Å². The second-order valence-electron chi connectivity index (χ2n) is 6.74. The summed E-state index contributed by atoms with van der Waals surface area (Å²) in [6.45, 7) is 2.42. The number of carbonyl (C=O) groups excluding carboxylic acids is 1. The first kappa shape index (κ1) is 19.0. The van der Waals surface area contributed by atoms with E-state index in [4.69, 9.17) is 11.6 Å². The topological polar surface area (TPSA) is 64.7 Å². The quantitative estimate of drug-likeness (QED) is 0.521. The molecule has 7 heteroatoms. The van der Waals surface area contributed by atoms with Gasteiger partial charge in [-0.1, -0.05) is 59.3 Å². The Bertz CT molecular complexity index is 1090. The molecule has 0 aliphatic heterocycles. The molecule has 0 saturated heterocycles. The lowest BCUT2D eigenvalue weighted by Crippen LogP contribution is -2.28. The van der Waals surface area contributed by atoms with E-state index >= 15 is 0 Å². The van der Waals surface area contributed by atoms with Gasteiger partial charge in [-0.25, -0.2) is 4.68 Å². The van der Waals surface area contributed by atoms with Gasteiger partial charge in [0, 0.05) is 17.4 Å². The number of rotatable bonds is 6. The van der Waals surface area contributed by atoms with Gasteiger partial charge in [-0.15, -0.1) is 5.10 Å². The van der Waals surface area contributed by atoms with Crippen LogP contribution in [0, 0.1) is 0 Å². The third-order valence-corrected chi connectivity index (χ3v) is 4.92. The Labute approximate surface area is 173 Å². The van der Waals surface area contributed by atoms with Crippen LogP contribution in [0.3, 0.4) is 0 Å². The minimum atomic E-state index is -0.271. The van der Waals surface area contributed by atoms with Crippen LogP contribution in [0.15, 0.2) is 79.1 Å². The lowest BCUT2D eigenvalue weighted by atomic mass is 10.1. The van der Waals surface area contributed by atoms with Gasteiger partial charge in [0.15, 0.2) is 11.5 Å². The highest BCUT2D eigenvalue weighted by atomic mass is 35.5. The maximum atomic E-state index is 13.0. The maximum absolute atomic E-state index is 13.0. The van der Waals surface area contributed by atoms with E-state index in [1.54, 1.807) is 4.68 Å². The lowest BCUT2D eigenvalue weighted by Gasteiger charge is -2.14. The molecule has 146 valence electrons. The molecule has 0 saturated carbocycles. The van der Waals surface area contributed by atoms with Gasteiger partial charge in [0.2, 0.25) is 0 Å². The number of nitrogens with zero attached hydrogens (tertiary/aromatic N) is 4. The molecule has 4 aromatic rings. The number of nitrogens with one attached hydrogen (secondary N) is 1. The van der Waals surface area contributed by atoms with Gasteiger partial charge in [-0.05, 0) is 42.3 Å². The molecular weight excluding hydrogens is 386 g/mol. The average Bonchev–Trinajstić information content (AvgIpc) is 3.40. The Balaban J connectivity index is 1.63. The smallest absolute Gasteiger partial charge is 0.276 e. The monoisotopic (exact) mass is 405 g/mol. The normalized spacial score (nSPS) is 11.9. The Morgan fingerprint density at radius 3 is 2.41 bits per heavy atom. The summed E-state index contributed by atoms with van der Waals surface area (Å²) in [6.07, 6.45) is 3.74. The average molecular weight is 406 g/mol. The molecule has 0 fully saturated rings. The summed E-state index contributed by atoms with van der Waals surface area (Å²) in [5, 5.41) is 12.1. The Morgan fingerprint density at radius 2 is 1.72 bits per heavy atom. The van der Waals surface area contributed by atoms with Crippen molar-refractivity contribution in [3.05, 3.63) is 101 Å². The predicted octanol–water partition coefficient (Wildman–Crippen LogP) is 4.26. The molecule has 6 nitrogen and oxygen atoms in total. The van der Waals surface area contributed by atoms with Crippen LogP contribution in [0.4, 0.5) is 0 Å². The fraction of sp³-hybridized carbons (Fsp3) is 0.136. The number of halogens is 1. The zero-order valence-electron chi connectivity index (χ0n) is 15.9. The molecule has 1 N–H and O–H groups in total. The van der Waals surface area contributed by atoms with Gasteiger partial charge >= 0.3 is 0 Å². The molecule has 29 heavy (non-hydrogen) atoms. The maximum Gasteiger partial charge on any atom is 0.276 e. The van der Waals surface area contributed by atoms with Crippen LogP contribution in [-0.2, 0) is 6.54 Å². The SMILES string of the molecule is C[C@@H](NC(=O)c1nnn(Cc2ccc(Cl)cc2)c1-n1cccc1)c1ccccc1. The molecule has 4 rings (SSSR count). The van der Waals surface area contributed by atoms with Crippen molar-refractivity contribution in [2.75, 3.05) is 0 Å². The minimum absolute atomic E-state index is 0.150. The molecule has 1 amide bonds. The van der Waals surface area contributed by atoms with E-state index in [1.807, 2.05) is 90.6 Å². The molecule has 0 aliphatic carbocycles. The highest BCUT2D eigenvalue weighted by Gasteiger charge is 2.22. The van der Waals surface area contributed by atoms with Crippen LogP contribution in [0.5, 0.6) is 0 Å². The van der Waals surface area contributed by atoms with Crippen molar-refractivity contribution in [3.63, 3.8) is 0 Å². The van der Waals surface area contributed by atoms with Crippen molar-refractivity contribution in [1.82, 2.24) is 24.9 Å². The number of aromatic nitrogens is 4. The summed E-state index contributed by atoms with van der Waals surface area (Å²) in [7, 11) is 0. The molecule has 0 bridgehead atoms. The van der Waals surface area contributed by atoms with E-state index in [1.165, 1.54) is 0 Å². The van der Waals surface area contributed by atoms with Crippen LogP contribution < -0.4 is 5.32 Å². The number of hydrogen-bond donors (Lipinski definition) is 1. The zero-order chi connectivity index (χ0) is 20.2. The van der Waals surface area contributed by atoms with E-state index in [0.717, 1.165) is 11.1 Å². The van der Waals surface area contributed by atoms with E-state index in [0.29, 0.717) is 17.4 Å².